The van der Waals surface area contributed by atoms with Crippen molar-refractivity contribution in [2.75, 3.05) is 0 Å². The van der Waals surface area contributed by atoms with Crippen LogP contribution in [0.4, 0.5) is 0 Å². The monoisotopic (exact) mass is 258 g/mol. The fraction of sp³-hybridized carbons (Fsp3) is 0.444. The molecule has 4 nitrogen and oxygen atoms in total. The summed E-state index contributed by atoms with van der Waals surface area (Å²) in [5, 5.41) is 8.84. The number of aromatic nitrogens is 2. The van der Waals surface area contributed by atoms with E-state index in [1.165, 1.54) is 6.20 Å². The van der Waals surface area contributed by atoms with Gasteiger partial charge in [0, 0.05) is 11.6 Å². The van der Waals surface area contributed by atoms with Gasteiger partial charge in [0.05, 0.1) is 4.47 Å². The van der Waals surface area contributed by atoms with Crippen LogP contribution in [0.25, 0.3) is 0 Å². The van der Waals surface area contributed by atoms with Crippen LogP contribution in [0.2, 0.25) is 0 Å². The Bertz CT molecular complexity index is 372. The summed E-state index contributed by atoms with van der Waals surface area (Å²) in [7, 11) is 0. The quantitative estimate of drug-likeness (QED) is 0.839. The van der Waals surface area contributed by atoms with Crippen molar-refractivity contribution in [1.29, 1.82) is 0 Å². The van der Waals surface area contributed by atoms with Crippen molar-refractivity contribution < 1.29 is 9.90 Å². The molecule has 0 aliphatic heterocycles. The zero-order valence-electron chi connectivity index (χ0n) is 8.21. The highest BCUT2D eigenvalue weighted by Gasteiger charge is 2.20. The summed E-state index contributed by atoms with van der Waals surface area (Å²) < 4.78 is 0.401. The topological polar surface area (TPSA) is 63.1 Å². The van der Waals surface area contributed by atoms with E-state index >= 15 is 0 Å². The Morgan fingerprint density at radius 1 is 1.50 bits per heavy atom. The van der Waals surface area contributed by atoms with Gasteiger partial charge in [-0.1, -0.05) is 20.8 Å². The summed E-state index contributed by atoms with van der Waals surface area (Å²) in [6, 6.07) is 0. The second kappa shape index (κ2) is 3.65. The van der Waals surface area contributed by atoms with E-state index in [4.69, 9.17) is 5.11 Å². The molecule has 0 unspecified atom stereocenters. The summed E-state index contributed by atoms with van der Waals surface area (Å²) >= 11 is 3.09. The minimum absolute atomic E-state index is 0.00456. The summed E-state index contributed by atoms with van der Waals surface area (Å²) in [5.74, 6) is -0.525. The number of nitrogens with zero attached hydrogens (tertiary/aromatic N) is 2. The van der Waals surface area contributed by atoms with Crippen LogP contribution in [0.3, 0.4) is 0 Å². The predicted molar refractivity (Wildman–Crippen MR) is 55.4 cm³/mol. The second-order valence-corrected chi connectivity index (χ2v) is 4.80. The molecule has 14 heavy (non-hydrogen) atoms. The van der Waals surface area contributed by atoms with Crippen LogP contribution in [0.5, 0.6) is 0 Å². The Morgan fingerprint density at radius 2 is 2.07 bits per heavy atom. The van der Waals surface area contributed by atoms with E-state index in [1.807, 2.05) is 20.8 Å². The van der Waals surface area contributed by atoms with Gasteiger partial charge in [0.15, 0.2) is 5.69 Å². The molecule has 1 aromatic rings. The molecule has 1 N–H and O–H groups in total. The lowest BCUT2D eigenvalue weighted by Crippen LogP contribution is -2.18. The molecule has 1 heterocycles. The van der Waals surface area contributed by atoms with Gasteiger partial charge >= 0.3 is 5.97 Å². The van der Waals surface area contributed by atoms with Crippen LogP contribution < -0.4 is 0 Å². The number of hydrogen-bond donors (Lipinski definition) is 1. The van der Waals surface area contributed by atoms with Gasteiger partial charge in [-0.25, -0.2) is 14.8 Å². The van der Waals surface area contributed by atoms with E-state index in [2.05, 4.69) is 25.9 Å². The van der Waals surface area contributed by atoms with Crippen molar-refractivity contribution in [2.24, 2.45) is 0 Å². The van der Waals surface area contributed by atoms with Crippen molar-refractivity contribution in [2.45, 2.75) is 26.2 Å². The highest BCUT2D eigenvalue weighted by Crippen LogP contribution is 2.21. The van der Waals surface area contributed by atoms with Crippen LogP contribution in [0.1, 0.15) is 37.1 Å². The molecule has 0 aliphatic rings. The van der Waals surface area contributed by atoms with Gasteiger partial charge in [-0.05, 0) is 15.9 Å². The van der Waals surface area contributed by atoms with E-state index in [9.17, 15) is 4.79 Å². The van der Waals surface area contributed by atoms with Crippen molar-refractivity contribution in [3.8, 4) is 0 Å². The Kier molecular flexibility index (Phi) is 2.89. The Balaban J connectivity index is 3.27. The van der Waals surface area contributed by atoms with Gasteiger partial charge in [-0.3, -0.25) is 0 Å². The first kappa shape index (κ1) is 11.1. The minimum atomic E-state index is -1.05. The van der Waals surface area contributed by atoms with Gasteiger partial charge in [-0.15, -0.1) is 0 Å². The summed E-state index contributed by atoms with van der Waals surface area (Å²) in [6.45, 7) is 5.80. The van der Waals surface area contributed by atoms with Crippen LogP contribution in [0.15, 0.2) is 10.7 Å². The molecule has 0 fully saturated rings. The molecule has 0 amide bonds. The lowest BCUT2D eigenvalue weighted by molar-refractivity contribution is 0.0688. The average Bonchev–Trinajstić information content (AvgIpc) is 2.02. The molecule has 0 saturated carbocycles. The van der Waals surface area contributed by atoms with Crippen LogP contribution >= 0.6 is 15.9 Å². The van der Waals surface area contributed by atoms with Crippen molar-refractivity contribution in [3.05, 3.63) is 22.2 Å². The van der Waals surface area contributed by atoms with E-state index in [0.29, 0.717) is 10.3 Å². The summed E-state index contributed by atoms with van der Waals surface area (Å²) in [6.07, 6.45) is 1.47. The van der Waals surface area contributed by atoms with Crippen molar-refractivity contribution in [3.63, 3.8) is 0 Å². The fourth-order valence-electron chi connectivity index (χ4n) is 0.878. The van der Waals surface area contributed by atoms with Gasteiger partial charge in [0.1, 0.15) is 5.82 Å². The van der Waals surface area contributed by atoms with E-state index in [-0.39, 0.29) is 11.1 Å². The largest absolute Gasteiger partial charge is 0.476 e. The molecule has 5 heteroatoms. The highest BCUT2D eigenvalue weighted by molar-refractivity contribution is 9.10. The third-order valence-electron chi connectivity index (χ3n) is 1.62. The number of carboxylic acids is 1. The molecule has 1 aromatic heterocycles. The maximum absolute atomic E-state index is 10.8. The van der Waals surface area contributed by atoms with E-state index in [1.54, 1.807) is 0 Å². The molecule has 0 bridgehead atoms. The summed E-state index contributed by atoms with van der Waals surface area (Å²) in [4.78, 5) is 18.8. The number of rotatable bonds is 1. The summed E-state index contributed by atoms with van der Waals surface area (Å²) in [5.41, 5.74) is -0.241. The fourth-order valence-corrected chi connectivity index (χ4v) is 1.24. The number of aromatic carboxylic acids is 1. The van der Waals surface area contributed by atoms with Gasteiger partial charge in [0.25, 0.3) is 0 Å². The highest BCUT2D eigenvalue weighted by atomic mass is 79.9. The maximum Gasteiger partial charge on any atom is 0.355 e. The lowest BCUT2D eigenvalue weighted by Gasteiger charge is -2.16. The zero-order chi connectivity index (χ0) is 10.9. The van der Waals surface area contributed by atoms with Crippen LogP contribution in [-0.4, -0.2) is 21.0 Å². The number of carbonyl (C=O) groups is 1. The third kappa shape index (κ3) is 2.29. The Hall–Kier alpha value is -0.970. The lowest BCUT2D eigenvalue weighted by atomic mass is 9.96. The van der Waals surface area contributed by atoms with Gasteiger partial charge in [0.2, 0.25) is 0 Å². The molecule has 0 aromatic carbocycles. The molecule has 76 valence electrons. The molecular weight excluding hydrogens is 248 g/mol. The first-order chi connectivity index (χ1) is 6.32. The molecule has 0 aliphatic carbocycles. The standard InChI is InChI=1S/C9H11BrN2O2/c1-9(2,3)8-11-4-5(10)6(12-8)7(13)14/h4H,1-3H3,(H,13,14). The molecule has 0 atom stereocenters. The number of halogens is 1. The Morgan fingerprint density at radius 3 is 2.50 bits per heavy atom. The molecule has 0 radical (unpaired) electrons. The van der Waals surface area contributed by atoms with Crippen LogP contribution in [0, 0.1) is 0 Å². The molecular formula is C9H11BrN2O2. The molecule has 0 saturated heterocycles. The normalized spacial score (nSPS) is 11.4. The van der Waals surface area contributed by atoms with E-state index < -0.39 is 5.97 Å². The molecule has 0 spiro atoms. The van der Waals surface area contributed by atoms with Gasteiger partial charge in [-0.2, -0.15) is 0 Å². The average molecular weight is 259 g/mol. The zero-order valence-corrected chi connectivity index (χ0v) is 9.79. The maximum atomic E-state index is 10.8. The van der Waals surface area contributed by atoms with Crippen molar-refractivity contribution in [1.82, 2.24) is 9.97 Å². The van der Waals surface area contributed by atoms with Gasteiger partial charge < -0.3 is 5.11 Å². The first-order valence-electron chi connectivity index (χ1n) is 4.08. The minimum Gasteiger partial charge on any atom is -0.476 e. The number of carboxylic acid groups (broad SMARTS) is 1. The third-order valence-corrected chi connectivity index (χ3v) is 2.20. The Labute approximate surface area is 90.5 Å². The SMILES string of the molecule is CC(C)(C)c1ncc(Br)c(C(=O)O)n1. The molecule has 1 rings (SSSR count). The predicted octanol–water partition coefficient (Wildman–Crippen LogP) is 2.23. The van der Waals surface area contributed by atoms with E-state index in [0.717, 1.165) is 0 Å². The van der Waals surface area contributed by atoms with Crippen LogP contribution in [-0.2, 0) is 5.41 Å². The second-order valence-electron chi connectivity index (χ2n) is 3.95. The first-order valence-corrected chi connectivity index (χ1v) is 4.88. The van der Waals surface area contributed by atoms with Crippen molar-refractivity contribution >= 4 is 21.9 Å². The number of hydrogen-bond acceptors (Lipinski definition) is 3. The smallest absolute Gasteiger partial charge is 0.355 e.